The number of methoxy groups -OCH3 is 1. The van der Waals surface area contributed by atoms with Crippen LogP contribution in [-0.2, 0) is 16.0 Å². The van der Waals surface area contributed by atoms with Crippen molar-refractivity contribution in [3.05, 3.63) is 65.4 Å². The number of anilines is 1. The predicted octanol–water partition coefficient (Wildman–Crippen LogP) is 3.76. The van der Waals surface area contributed by atoms with Gasteiger partial charge in [0.15, 0.2) is 11.5 Å². The minimum atomic E-state index is -4.87. The number of aromatic nitrogens is 2. The normalized spacial score (nSPS) is 15.5. The third kappa shape index (κ3) is 6.61. The van der Waals surface area contributed by atoms with Gasteiger partial charge in [-0.1, -0.05) is 35.9 Å². The van der Waals surface area contributed by atoms with Crippen molar-refractivity contribution >= 4 is 11.7 Å². The van der Waals surface area contributed by atoms with Gasteiger partial charge in [0.05, 0.1) is 26.4 Å². The number of fused-ring (bicyclic) bond motifs is 1. The van der Waals surface area contributed by atoms with Gasteiger partial charge in [0.25, 0.3) is 5.91 Å². The predicted molar refractivity (Wildman–Crippen MR) is 134 cm³/mol. The van der Waals surface area contributed by atoms with Gasteiger partial charge in [-0.3, -0.25) is 14.3 Å². The monoisotopic (exact) mass is 550 g/mol. The Kier molecular flexibility index (Phi) is 8.63. The van der Waals surface area contributed by atoms with E-state index in [0.717, 1.165) is 23.3 Å². The van der Waals surface area contributed by atoms with E-state index in [1.807, 2.05) is 31.2 Å². The molecule has 1 aromatic heterocycles. The fourth-order valence-corrected chi connectivity index (χ4v) is 4.31. The number of imidazole rings is 1. The van der Waals surface area contributed by atoms with Gasteiger partial charge in [-0.15, -0.1) is 13.2 Å². The van der Waals surface area contributed by atoms with Crippen LogP contribution in [0.25, 0.3) is 0 Å². The van der Waals surface area contributed by atoms with E-state index < -0.39 is 24.4 Å². The lowest BCUT2D eigenvalue weighted by molar-refractivity contribution is -0.274. The fourth-order valence-electron chi connectivity index (χ4n) is 4.31. The van der Waals surface area contributed by atoms with Crippen molar-refractivity contribution < 1.29 is 42.0 Å². The Hall–Kier alpha value is -3.81. The largest absolute Gasteiger partial charge is 0.573 e. The average molecular weight is 551 g/mol. The van der Waals surface area contributed by atoms with Crippen LogP contribution in [0.1, 0.15) is 21.6 Å². The van der Waals surface area contributed by atoms with Crippen LogP contribution in [0.5, 0.6) is 17.5 Å². The maximum atomic E-state index is 13.8. The summed E-state index contributed by atoms with van der Waals surface area (Å²) in [5.74, 6) is -0.531. The minimum Gasteiger partial charge on any atom is -0.425 e. The first-order valence-corrected chi connectivity index (χ1v) is 12.1. The molecule has 0 radical (unpaired) electrons. The molecule has 10 nitrogen and oxygen atoms in total. The Morgan fingerprint density at radius 1 is 1.08 bits per heavy atom. The lowest BCUT2D eigenvalue weighted by Crippen LogP contribution is -2.56. The maximum absolute atomic E-state index is 13.8. The Bertz CT molecular complexity index is 1300. The highest BCUT2D eigenvalue weighted by molar-refractivity contribution is 6.00. The number of amides is 1. The summed E-state index contributed by atoms with van der Waals surface area (Å²) in [6, 6.07) is 12.7. The topological polar surface area (TPSA) is 98.5 Å². The van der Waals surface area contributed by atoms with Crippen molar-refractivity contribution in [3.63, 3.8) is 0 Å². The molecule has 3 aromatic rings. The zero-order valence-corrected chi connectivity index (χ0v) is 21.6. The van der Waals surface area contributed by atoms with Gasteiger partial charge < -0.3 is 29.0 Å². The SMILES string of the molecule is COC1N(CCOCCO)C(=O)c2c(nc(Oc3cccc(OC(F)(F)F)c3)n2Cc2cccc(C)c2)N1C. The van der Waals surface area contributed by atoms with Crippen LogP contribution in [0.2, 0.25) is 0 Å². The zero-order chi connectivity index (χ0) is 28.2. The highest BCUT2D eigenvalue weighted by atomic mass is 19.4. The van der Waals surface area contributed by atoms with Crippen molar-refractivity contribution in [1.29, 1.82) is 0 Å². The molecule has 13 heteroatoms. The molecule has 1 aliphatic rings. The van der Waals surface area contributed by atoms with E-state index in [-0.39, 0.29) is 56.2 Å². The molecule has 39 heavy (non-hydrogen) atoms. The van der Waals surface area contributed by atoms with Crippen LogP contribution in [-0.4, -0.2) is 78.7 Å². The molecule has 0 spiro atoms. The van der Waals surface area contributed by atoms with Crippen molar-refractivity contribution in [2.24, 2.45) is 0 Å². The lowest BCUT2D eigenvalue weighted by atomic mass is 10.1. The summed E-state index contributed by atoms with van der Waals surface area (Å²) in [4.78, 5) is 21.5. The standard InChI is InChI=1S/C26H29F3N4O6/c1-17-6-4-7-18(14-17)16-33-21-22(31(2)25(36-3)32(23(21)35)10-12-37-13-11-34)30-24(33)38-19-8-5-9-20(15-19)39-26(27,28)29/h4-9,14-15,25,34H,10-13,16H2,1-3H3. The molecule has 4 rings (SSSR count). The molecule has 0 saturated heterocycles. The van der Waals surface area contributed by atoms with E-state index in [9.17, 15) is 18.0 Å². The van der Waals surface area contributed by atoms with E-state index in [1.165, 1.54) is 24.1 Å². The third-order valence-corrected chi connectivity index (χ3v) is 5.90. The van der Waals surface area contributed by atoms with E-state index in [4.69, 9.17) is 19.3 Å². The highest BCUT2D eigenvalue weighted by Crippen LogP contribution is 2.36. The van der Waals surface area contributed by atoms with Gasteiger partial charge in [0, 0.05) is 26.8 Å². The number of ether oxygens (including phenoxy) is 4. The quantitative estimate of drug-likeness (QED) is 0.361. The van der Waals surface area contributed by atoms with Crippen molar-refractivity contribution in [1.82, 2.24) is 14.5 Å². The van der Waals surface area contributed by atoms with Crippen LogP contribution in [0, 0.1) is 6.92 Å². The second-order valence-electron chi connectivity index (χ2n) is 8.77. The zero-order valence-electron chi connectivity index (χ0n) is 21.6. The molecule has 1 amide bonds. The number of hydrogen-bond donors (Lipinski definition) is 1. The van der Waals surface area contributed by atoms with Gasteiger partial charge >= 0.3 is 12.4 Å². The number of aryl methyl sites for hydroxylation is 1. The Morgan fingerprint density at radius 2 is 1.82 bits per heavy atom. The molecule has 2 heterocycles. The molecule has 0 fully saturated rings. The molecule has 1 N–H and O–H groups in total. The van der Waals surface area contributed by atoms with E-state index in [0.29, 0.717) is 0 Å². The third-order valence-electron chi connectivity index (χ3n) is 5.90. The number of aliphatic hydroxyl groups excluding tert-OH is 1. The molecule has 0 saturated carbocycles. The Balaban J connectivity index is 1.75. The van der Waals surface area contributed by atoms with Crippen LogP contribution in [0.15, 0.2) is 48.5 Å². The number of carbonyl (C=O) groups is 1. The summed E-state index contributed by atoms with van der Waals surface area (Å²) in [5, 5.41) is 8.99. The van der Waals surface area contributed by atoms with Gasteiger partial charge in [0.1, 0.15) is 11.5 Å². The summed E-state index contributed by atoms with van der Waals surface area (Å²) in [7, 11) is 3.15. The van der Waals surface area contributed by atoms with Crippen molar-refractivity contribution in [2.45, 2.75) is 26.2 Å². The van der Waals surface area contributed by atoms with Gasteiger partial charge in [-0.2, -0.15) is 4.98 Å². The first-order chi connectivity index (χ1) is 18.6. The number of alkyl halides is 3. The second kappa shape index (κ2) is 11.9. The number of nitrogens with zero attached hydrogens (tertiary/aromatic N) is 4. The Labute approximate surface area is 223 Å². The van der Waals surface area contributed by atoms with Crippen LogP contribution in [0.3, 0.4) is 0 Å². The average Bonchev–Trinajstić information content (AvgIpc) is 3.22. The molecule has 1 atom stereocenters. The van der Waals surface area contributed by atoms with Crippen molar-refractivity contribution in [2.75, 3.05) is 45.4 Å². The summed E-state index contributed by atoms with van der Waals surface area (Å²) >= 11 is 0. The number of halogens is 3. The molecular formula is C26H29F3N4O6. The van der Waals surface area contributed by atoms with E-state index in [2.05, 4.69) is 9.72 Å². The molecule has 2 aromatic carbocycles. The van der Waals surface area contributed by atoms with E-state index >= 15 is 0 Å². The number of hydrogen-bond acceptors (Lipinski definition) is 8. The van der Waals surface area contributed by atoms with Crippen LogP contribution >= 0.6 is 0 Å². The smallest absolute Gasteiger partial charge is 0.425 e. The molecule has 0 aliphatic carbocycles. The first-order valence-electron chi connectivity index (χ1n) is 12.1. The highest BCUT2D eigenvalue weighted by Gasteiger charge is 2.41. The van der Waals surface area contributed by atoms with E-state index in [1.54, 1.807) is 16.5 Å². The lowest BCUT2D eigenvalue weighted by Gasteiger charge is -2.40. The number of rotatable bonds is 11. The minimum absolute atomic E-state index is 0.000835. The van der Waals surface area contributed by atoms with Gasteiger partial charge in [-0.05, 0) is 24.6 Å². The van der Waals surface area contributed by atoms with Gasteiger partial charge in [-0.25, -0.2) is 0 Å². The van der Waals surface area contributed by atoms with Crippen LogP contribution < -0.4 is 14.4 Å². The van der Waals surface area contributed by atoms with Crippen molar-refractivity contribution in [3.8, 4) is 17.5 Å². The summed E-state index contributed by atoms with van der Waals surface area (Å²) < 4.78 is 60.7. The summed E-state index contributed by atoms with van der Waals surface area (Å²) in [6.07, 6.45) is -5.67. The number of benzene rings is 2. The number of aliphatic hydroxyl groups is 1. The van der Waals surface area contributed by atoms with Crippen LogP contribution in [0.4, 0.5) is 19.0 Å². The second-order valence-corrected chi connectivity index (χ2v) is 8.77. The molecule has 1 unspecified atom stereocenters. The maximum Gasteiger partial charge on any atom is 0.573 e. The molecular weight excluding hydrogens is 521 g/mol. The first kappa shape index (κ1) is 28.2. The Morgan fingerprint density at radius 3 is 2.51 bits per heavy atom. The summed E-state index contributed by atoms with van der Waals surface area (Å²) in [5.41, 5.74) is 2.08. The summed E-state index contributed by atoms with van der Waals surface area (Å²) in [6.45, 7) is 2.45. The number of carbonyl (C=O) groups excluding carboxylic acids is 1. The molecule has 210 valence electrons. The van der Waals surface area contributed by atoms with Gasteiger partial charge in [0.2, 0.25) is 6.35 Å². The molecule has 0 bridgehead atoms. The fraction of sp³-hybridized carbons (Fsp3) is 0.385. The molecule has 1 aliphatic heterocycles.